The van der Waals surface area contributed by atoms with Gasteiger partial charge in [-0.25, -0.2) is 9.97 Å². The van der Waals surface area contributed by atoms with E-state index in [0.29, 0.717) is 17.4 Å². The average molecular weight is 384 g/mol. The third-order valence-electron chi connectivity index (χ3n) is 3.94. The summed E-state index contributed by atoms with van der Waals surface area (Å²) < 4.78 is 2.09. The molecular formula is C21H26ClN5. The maximum Gasteiger partial charge on any atom is 0.146 e. The number of aryl methyl sites for hydroxylation is 1. The molecule has 0 aliphatic heterocycles. The first-order valence-electron chi connectivity index (χ1n) is 9.22. The van der Waals surface area contributed by atoms with Gasteiger partial charge in [-0.05, 0) is 36.2 Å². The highest BCUT2D eigenvalue weighted by atomic mass is 35.5. The number of fused-ring (bicyclic) bond motifs is 2. The number of rotatable bonds is 2. The molecule has 0 amide bonds. The van der Waals surface area contributed by atoms with E-state index in [1.165, 1.54) is 6.33 Å². The molecule has 0 aliphatic rings. The molecule has 27 heavy (non-hydrogen) atoms. The fraction of sp³-hybridized carbons (Fsp3) is 0.286. The largest absolute Gasteiger partial charge is 0.383 e. The summed E-state index contributed by atoms with van der Waals surface area (Å²) in [6.45, 7) is 10.7. The Labute approximate surface area is 165 Å². The number of hydrogen-bond donors (Lipinski definition) is 1. The van der Waals surface area contributed by atoms with E-state index in [4.69, 9.17) is 17.3 Å². The van der Waals surface area contributed by atoms with Crippen molar-refractivity contribution in [2.75, 3.05) is 5.73 Å². The SMILES string of the molecule is CC.CC.Cc1cn(Cc2ccc3ncc(Cl)cc3c2)c2ncnc(N)c12. The lowest BCUT2D eigenvalue weighted by molar-refractivity contribution is 0.822. The molecule has 0 unspecified atom stereocenters. The molecule has 1 aromatic carbocycles. The summed E-state index contributed by atoms with van der Waals surface area (Å²) in [6, 6.07) is 8.09. The predicted molar refractivity (Wildman–Crippen MR) is 115 cm³/mol. The molecule has 0 radical (unpaired) electrons. The fourth-order valence-electron chi connectivity index (χ4n) is 2.91. The third kappa shape index (κ3) is 4.37. The molecule has 3 heterocycles. The molecule has 0 saturated heterocycles. The van der Waals surface area contributed by atoms with Gasteiger partial charge in [-0.2, -0.15) is 0 Å². The maximum absolute atomic E-state index is 6.03. The van der Waals surface area contributed by atoms with Crippen LogP contribution in [0.15, 0.2) is 43.0 Å². The molecule has 5 nitrogen and oxygen atoms in total. The van der Waals surface area contributed by atoms with Crippen LogP contribution in [0.5, 0.6) is 0 Å². The van der Waals surface area contributed by atoms with Gasteiger partial charge < -0.3 is 10.3 Å². The second-order valence-electron chi connectivity index (χ2n) is 5.58. The van der Waals surface area contributed by atoms with Crippen molar-refractivity contribution in [3.63, 3.8) is 0 Å². The molecule has 142 valence electrons. The van der Waals surface area contributed by atoms with Crippen LogP contribution in [0.3, 0.4) is 0 Å². The number of nitrogen functional groups attached to an aromatic ring is 1. The number of nitrogens with two attached hydrogens (primary N) is 1. The van der Waals surface area contributed by atoms with Gasteiger partial charge in [0, 0.05) is 24.3 Å². The monoisotopic (exact) mass is 383 g/mol. The minimum absolute atomic E-state index is 0.515. The van der Waals surface area contributed by atoms with Crippen LogP contribution in [0.1, 0.15) is 38.8 Å². The molecule has 0 saturated carbocycles. The van der Waals surface area contributed by atoms with Crippen LogP contribution < -0.4 is 5.73 Å². The van der Waals surface area contributed by atoms with Crippen molar-refractivity contribution in [1.29, 1.82) is 0 Å². The molecular weight excluding hydrogens is 358 g/mol. The molecule has 3 aromatic heterocycles. The zero-order valence-electron chi connectivity index (χ0n) is 16.5. The Kier molecular flexibility index (Phi) is 7.13. The van der Waals surface area contributed by atoms with Crippen molar-refractivity contribution >= 4 is 39.4 Å². The van der Waals surface area contributed by atoms with Gasteiger partial charge in [0.15, 0.2) is 0 Å². The van der Waals surface area contributed by atoms with Gasteiger partial charge in [0.05, 0.1) is 15.9 Å². The van der Waals surface area contributed by atoms with Gasteiger partial charge in [-0.15, -0.1) is 0 Å². The Morgan fingerprint density at radius 3 is 2.52 bits per heavy atom. The van der Waals surface area contributed by atoms with E-state index in [9.17, 15) is 0 Å². The zero-order chi connectivity index (χ0) is 20.0. The summed E-state index contributed by atoms with van der Waals surface area (Å²) in [5.74, 6) is 0.515. The van der Waals surface area contributed by atoms with Crippen LogP contribution in [-0.4, -0.2) is 19.5 Å². The Hall–Kier alpha value is -2.66. The topological polar surface area (TPSA) is 69.6 Å². The highest BCUT2D eigenvalue weighted by molar-refractivity contribution is 6.31. The minimum Gasteiger partial charge on any atom is -0.383 e. The van der Waals surface area contributed by atoms with Crippen LogP contribution in [0.4, 0.5) is 5.82 Å². The van der Waals surface area contributed by atoms with Gasteiger partial charge >= 0.3 is 0 Å². The Balaban J connectivity index is 0.000000614. The van der Waals surface area contributed by atoms with Crippen molar-refractivity contribution < 1.29 is 0 Å². The molecule has 0 spiro atoms. The van der Waals surface area contributed by atoms with Crippen molar-refractivity contribution in [3.05, 3.63) is 59.1 Å². The van der Waals surface area contributed by atoms with E-state index < -0.39 is 0 Å². The van der Waals surface area contributed by atoms with Crippen LogP contribution in [0, 0.1) is 6.92 Å². The third-order valence-corrected chi connectivity index (χ3v) is 4.14. The maximum atomic E-state index is 6.03. The summed E-state index contributed by atoms with van der Waals surface area (Å²) in [6.07, 6.45) is 5.21. The summed E-state index contributed by atoms with van der Waals surface area (Å²) in [4.78, 5) is 12.8. The Morgan fingerprint density at radius 1 is 1.04 bits per heavy atom. The van der Waals surface area contributed by atoms with Crippen LogP contribution in [0.25, 0.3) is 21.9 Å². The van der Waals surface area contributed by atoms with Crippen molar-refractivity contribution in [2.24, 2.45) is 0 Å². The molecule has 0 fully saturated rings. The smallest absolute Gasteiger partial charge is 0.146 e. The number of benzene rings is 1. The molecule has 0 aliphatic carbocycles. The van der Waals surface area contributed by atoms with Crippen LogP contribution >= 0.6 is 11.6 Å². The summed E-state index contributed by atoms with van der Waals surface area (Å²) in [5.41, 5.74) is 9.96. The van der Waals surface area contributed by atoms with Gasteiger partial charge in [0.25, 0.3) is 0 Å². The second kappa shape index (κ2) is 9.33. The highest BCUT2D eigenvalue weighted by Crippen LogP contribution is 2.24. The number of pyridine rings is 1. The number of halogens is 1. The number of nitrogens with zero attached hydrogens (tertiary/aromatic N) is 4. The molecule has 0 atom stereocenters. The minimum atomic E-state index is 0.515. The number of anilines is 1. The quantitative estimate of drug-likeness (QED) is 0.487. The molecule has 4 rings (SSSR count). The van der Waals surface area contributed by atoms with E-state index in [2.05, 4.69) is 37.8 Å². The first kappa shape index (κ1) is 20.6. The van der Waals surface area contributed by atoms with Crippen molar-refractivity contribution in [2.45, 2.75) is 41.2 Å². The lowest BCUT2D eigenvalue weighted by Crippen LogP contribution is -2.00. The molecule has 2 N–H and O–H groups in total. The van der Waals surface area contributed by atoms with Gasteiger partial charge in [-0.3, -0.25) is 4.98 Å². The predicted octanol–water partition coefficient (Wildman–Crippen LogP) is 5.62. The normalized spacial score (nSPS) is 10.1. The van der Waals surface area contributed by atoms with Gasteiger partial charge in [0.2, 0.25) is 0 Å². The number of aromatic nitrogens is 4. The van der Waals surface area contributed by atoms with E-state index >= 15 is 0 Å². The molecule has 4 aromatic rings. The first-order chi connectivity index (χ1) is 13.1. The molecule has 0 bridgehead atoms. The summed E-state index contributed by atoms with van der Waals surface area (Å²) >= 11 is 6.03. The Bertz CT molecular complexity index is 1040. The van der Waals surface area contributed by atoms with E-state index in [1.807, 2.05) is 46.8 Å². The zero-order valence-corrected chi connectivity index (χ0v) is 17.2. The summed E-state index contributed by atoms with van der Waals surface area (Å²) in [5, 5.41) is 2.58. The summed E-state index contributed by atoms with van der Waals surface area (Å²) in [7, 11) is 0. The average Bonchev–Trinajstić information content (AvgIpc) is 3.01. The lowest BCUT2D eigenvalue weighted by atomic mass is 10.1. The Morgan fingerprint density at radius 2 is 1.78 bits per heavy atom. The van der Waals surface area contributed by atoms with Crippen molar-refractivity contribution in [1.82, 2.24) is 19.5 Å². The second-order valence-corrected chi connectivity index (χ2v) is 6.01. The van der Waals surface area contributed by atoms with Crippen LogP contribution in [0.2, 0.25) is 5.02 Å². The number of hydrogen-bond acceptors (Lipinski definition) is 4. The van der Waals surface area contributed by atoms with Gasteiger partial charge in [-0.1, -0.05) is 45.4 Å². The van der Waals surface area contributed by atoms with Gasteiger partial charge in [0.1, 0.15) is 17.8 Å². The van der Waals surface area contributed by atoms with Crippen LogP contribution in [-0.2, 0) is 6.54 Å². The highest BCUT2D eigenvalue weighted by Gasteiger charge is 2.11. The van der Waals surface area contributed by atoms with E-state index in [1.54, 1.807) is 6.20 Å². The fourth-order valence-corrected chi connectivity index (χ4v) is 3.08. The van der Waals surface area contributed by atoms with Crippen molar-refractivity contribution in [3.8, 4) is 0 Å². The first-order valence-corrected chi connectivity index (χ1v) is 9.60. The van der Waals surface area contributed by atoms with E-state index in [-0.39, 0.29) is 0 Å². The standard InChI is InChI=1S/C17H14ClN5.2C2H6/c1-10-7-23(17-15(10)16(19)21-9-22-17)8-11-2-3-14-12(4-11)5-13(18)6-20-14;2*1-2/h2-7,9H,8H2,1H3,(H2,19,21,22);2*1-2H3. The lowest BCUT2D eigenvalue weighted by Gasteiger charge is -2.07. The molecule has 6 heteroatoms. The van der Waals surface area contributed by atoms with E-state index in [0.717, 1.165) is 33.1 Å².